The van der Waals surface area contributed by atoms with E-state index in [1.807, 2.05) is 6.92 Å². The molecule has 0 aromatic heterocycles. The highest BCUT2D eigenvalue weighted by molar-refractivity contribution is 5.85. The number of carbonyl (C=O) groups is 1. The van der Waals surface area contributed by atoms with E-state index in [2.05, 4.69) is 0 Å². The molecule has 0 saturated heterocycles. The highest BCUT2D eigenvalue weighted by Crippen LogP contribution is 2.70. The topological polar surface area (TPSA) is 179 Å². The van der Waals surface area contributed by atoms with Crippen LogP contribution in [0.1, 0.15) is 51.9 Å². The third-order valence-electron chi connectivity index (χ3n) is 10.1. The molecule has 32 heavy (non-hydrogen) atoms. The van der Waals surface area contributed by atoms with Gasteiger partial charge in [0, 0.05) is 30.3 Å². The molecular weight excluding hydrogens is 420 g/mol. The number of hydrogen-bond donors (Lipinski definition) is 6. The van der Waals surface area contributed by atoms with E-state index in [0.29, 0.717) is 19.3 Å². The zero-order chi connectivity index (χ0) is 22.4. The summed E-state index contributed by atoms with van der Waals surface area (Å²) in [4.78, 5) is 11.7. The number of rotatable bonds is 2. The quantitative estimate of drug-likeness (QED) is 0.281. The van der Waals surface area contributed by atoms with E-state index in [1.54, 1.807) is 0 Å². The van der Waals surface area contributed by atoms with Crippen LogP contribution in [-0.2, 0) is 9.53 Å². The first-order chi connectivity index (χ1) is 14.5. The van der Waals surface area contributed by atoms with Crippen molar-refractivity contribution in [1.82, 2.24) is 0 Å². The van der Waals surface area contributed by atoms with Crippen LogP contribution in [0, 0.1) is 28.6 Å². The van der Waals surface area contributed by atoms with Crippen LogP contribution < -0.4 is 0 Å². The Morgan fingerprint density at radius 1 is 1.12 bits per heavy atom. The van der Waals surface area contributed by atoms with Crippen LogP contribution in [-0.4, -0.2) is 84.8 Å². The fourth-order valence-electron chi connectivity index (χ4n) is 8.69. The van der Waals surface area contributed by atoms with Crippen molar-refractivity contribution in [3.05, 3.63) is 11.6 Å². The van der Waals surface area contributed by atoms with Crippen molar-refractivity contribution in [2.75, 3.05) is 13.2 Å². The molecule has 5 aliphatic rings. The first-order valence-electron chi connectivity index (χ1n) is 11.5. The minimum Gasteiger partial charge on any atom is -0.458 e. The summed E-state index contributed by atoms with van der Waals surface area (Å²) in [6, 6.07) is 0. The molecule has 0 aromatic rings. The Kier molecular flexibility index (Phi) is 5.61. The molecule has 9 nitrogen and oxygen atoms in total. The smallest absolute Gasteiger partial charge is 0.331 e. The van der Waals surface area contributed by atoms with Crippen molar-refractivity contribution in [3.63, 3.8) is 0 Å². The molecule has 4 fully saturated rings. The zero-order valence-corrected chi connectivity index (χ0v) is 18.4. The fourth-order valence-corrected chi connectivity index (χ4v) is 8.69. The second-order valence-corrected chi connectivity index (χ2v) is 11.0. The standard InChI is InChI=1S/C23H34O8.H2O/c1-20-9-16(26)19-15(23(20,30)5-3-14(20)12-6-18(28)31-10-12)2-4-21(29)8-13(25)7-17(27)22(19,21)11-24;/h6,13-17,19,24-27,29-30H,2-5,7-11H2,1H3;1H2/t13-,14+,15+,16+,17+,19+,20+,21-,22+,23-;/m0./s1. The van der Waals surface area contributed by atoms with Crippen LogP contribution in [0.4, 0.5) is 0 Å². The molecule has 10 atom stereocenters. The fraction of sp³-hybridized carbons (Fsp3) is 0.870. The van der Waals surface area contributed by atoms with E-state index in [1.165, 1.54) is 6.08 Å². The number of aliphatic hydroxyl groups is 6. The zero-order valence-electron chi connectivity index (χ0n) is 18.4. The number of fused-ring (bicyclic) bond motifs is 5. The maximum atomic E-state index is 12.1. The normalized spacial score (nSPS) is 54.6. The van der Waals surface area contributed by atoms with E-state index in [-0.39, 0.29) is 49.7 Å². The summed E-state index contributed by atoms with van der Waals surface area (Å²) in [6.45, 7) is 1.64. The van der Waals surface area contributed by atoms with E-state index in [9.17, 15) is 35.4 Å². The van der Waals surface area contributed by atoms with Crippen molar-refractivity contribution >= 4 is 5.97 Å². The summed E-state index contributed by atoms with van der Waals surface area (Å²) >= 11 is 0. The van der Waals surface area contributed by atoms with Gasteiger partial charge in [-0.2, -0.15) is 0 Å². The van der Waals surface area contributed by atoms with E-state index >= 15 is 0 Å². The van der Waals surface area contributed by atoms with E-state index in [4.69, 9.17) is 4.74 Å². The molecule has 1 heterocycles. The van der Waals surface area contributed by atoms with Crippen molar-refractivity contribution in [2.45, 2.75) is 81.4 Å². The first-order valence-corrected chi connectivity index (χ1v) is 11.5. The highest BCUT2D eigenvalue weighted by Gasteiger charge is 2.75. The average molecular weight is 457 g/mol. The SMILES string of the molecule is C[C@]12C[C@@H](O)[C@H]3[C@@H](CC[C@]4(O)C[C@@H](O)C[C@@H](O)[C@]34CO)[C@@]1(O)CC[C@@H]2C1=CC(=O)OC1.O. The van der Waals surface area contributed by atoms with Gasteiger partial charge in [-0.15, -0.1) is 0 Å². The van der Waals surface area contributed by atoms with E-state index in [0.717, 1.165) is 5.57 Å². The van der Waals surface area contributed by atoms with Gasteiger partial charge in [-0.25, -0.2) is 4.79 Å². The lowest BCUT2D eigenvalue weighted by atomic mass is 9.40. The summed E-state index contributed by atoms with van der Waals surface area (Å²) < 4.78 is 5.11. The van der Waals surface area contributed by atoms with Crippen molar-refractivity contribution in [1.29, 1.82) is 0 Å². The van der Waals surface area contributed by atoms with Crippen LogP contribution in [0.15, 0.2) is 11.6 Å². The Labute approximate surface area is 187 Å². The van der Waals surface area contributed by atoms with E-state index < -0.39 is 58.8 Å². The largest absolute Gasteiger partial charge is 0.458 e. The second-order valence-electron chi connectivity index (χ2n) is 11.0. The van der Waals surface area contributed by atoms with Crippen LogP contribution in [0.5, 0.6) is 0 Å². The number of carbonyl (C=O) groups excluding carboxylic acids is 1. The Morgan fingerprint density at radius 2 is 1.84 bits per heavy atom. The molecule has 0 unspecified atom stereocenters. The molecule has 4 aliphatic carbocycles. The molecule has 0 bridgehead atoms. The lowest BCUT2D eigenvalue weighted by Gasteiger charge is -2.68. The van der Waals surface area contributed by atoms with Crippen LogP contribution in [0.25, 0.3) is 0 Å². The van der Waals surface area contributed by atoms with Crippen LogP contribution in [0.3, 0.4) is 0 Å². The van der Waals surface area contributed by atoms with Gasteiger partial charge >= 0.3 is 5.97 Å². The third-order valence-corrected chi connectivity index (χ3v) is 10.1. The summed E-state index contributed by atoms with van der Waals surface area (Å²) in [5.41, 5.74) is -3.95. The number of ether oxygens (including phenoxy) is 1. The van der Waals surface area contributed by atoms with Gasteiger partial charge in [-0.3, -0.25) is 0 Å². The maximum absolute atomic E-state index is 12.1. The molecule has 0 spiro atoms. The Hall–Kier alpha value is -1.07. The Morgan fingerprint density at radius 3 is 2.47 bits per heavy atom. The minimum atomic E-state index is -1.52. The van der Waals surface area contributed by atoms with Crippen molar-refractivity contribution < 1.29 is 45.6 Å². The van der Waals surface area contributed by atoms with Gasteiger partial charge in [0.25, 0.3) is 0 Å². The summed E-state index contributed by atoms with van der Waals surface area (Å²) in [7, 11) is 0. The minimum absolute atomic E-state index is 0. The van der Waals surface area contributed by atoms with Gasteiger partial charge in [0.05, 0.1) is 41.5 Å². The Balaban J connectivity index is 0.00000245. The van der Waals surface area contributed by atoms with Gasteiger partial charge < -0.3 is 40.9 Å². The van der Waals surface area contributed by atoms with Crippen molar-refractivity contribution in [3.8, 4) is 0 Å². The van der Waals surface area contributed by atoms with Gasteiger partial charge in [0.2, 0.25) is 0 Å². The monoisotopic (exact) mass is 456 g/mol. The molecular formula is C23H36O9. The molecule has 5 rings (SSSR count). The molecule has 1 aliphatic heterocycles. The lowest BCUT2D eigenvalue weighted by Crippen LogP contribution is -2.75. The molecule has 0 aromatic carbocycles. The Bertz CT molecular complexity index is 815. The summed E-state index contributed by atoms with van der Waals surface area (Å²) in [6.07, 6.45) is 0.531. The number of esters is 1. The molecule has 182 valence electrons. The van der Waals surface area contributed by atoms with Crippen LogP contribution >= 0.6 is 0 Å². The first kappa shape index (κ1) is 24.1. The predicted molar refractivity (Wildman–Crippen MR) is 111 cm³/mol. The summed E-state index contributed by atoms with van der Waals surface area (Å²) in [5, 5.41) is 67.0. The third kappa shape index (κ3) is 2.73. The molecule has 0 amide bonds. The number of hydrogen-bond acceptors (Lipinski definition) is 8. The number of aliphatic hydroxyl groups excluding tert-OH is 4. The maximum Gasteiger partial charge on any atom is 0.331 e. The van der Waals surface area contributed by atoms with Gasteiger partial charge in [0.15, 0.2) is 0 Å². The second kappa shape index (κ2) is 7.46. The van der Waals surface area contributed by atoms with Gasteiger partial charge in [-0.1, -0.05) is 6.92 Å². The molecule has 0 radical (unpaired) electrons. The molecule has 4 saturated carbocycles. The number of cyclic esters (lactones) is 1. The van der Waals surface area contributed by atoms with Crippen molar-refractivity contribution in [2.24, 2.45) is 28.6 Å². The lowest BCUT2D eigenvalue weighted by molar-refractivity contribution is -0.317. The summed E-state index contributed by atoms with van der Waals surface area (Å²) in [5.74, 6) is -1.62. The molecule has 8 N–H and O–H groups in total. The van der Waals surface area contributed by atoms with Crippen LogP contribution in [0.2, 0.25) is 0 Å². The highest BCUT2D eigenvalue weighted by atomic mass is 16.5. The van der Waals surface area contributed by atoms with Gasteiger partial charge in [-0.05, 0) is 49.5 Å². The van der Waals surface area contributed by atoms with Gasteiger partial charge in [0.1, 0.15) is 6.61 Å². The molecule has 9 heteroatoms. The predicted octanol–water partition coefficient (Wildman–Crippen LogP) is -1.19. The average Bonchev–Trinajstić information content (AvgIpc) is 3.21.